The molecule has 2 aromatic rings. The Bertz CT molecular complexity index is 895. The van der Waals surface area contributed by atoms with E-state index < -0.39 is 5.60 Å². The van der Waals surface area contributed by atoms with E-state index in [1.807, 2.05) is 24.3 Å². The van der Waals surface area contributed by atoms with Crippen molar-refractivity contribution in [3.8, 4) is 17.2 Å². The lowest BCUT2D eigenvalue weighted by atomic mass is 9.66. The first-order valence-corrected chi connectivity index (χ1v) is 11.1. The van der Waals surface area contributed by atoms with Crippen LogP contribution >= 0.6 is 0 Å². The van der Waals surface area contributed by atoms with E-state index in [9.17, 15) is 9.50 Å². The van der Waals surface area contributed by atoms with Crippen LogP contribution in [0.25, 0.3) is 0 Å². The van der Waals surface area contributed by atoms with Gasteiger partial charge in [0.1, 0.15) is 18.4 Å². The second-order valence-electron chi connectivity index (χ2n) is 8.82. The smallest absolute Gasteiger partial charge is 0.203 e. The van der Waals surface area contributed by atoms with Gasteiger partial charge in [0.2, 0.25) is 5.75 Å². The summed E-state index contributed by atoms with van der Waals surface area (Å²) in [6, 6.07) is 11.0. The number of piperidine rings is 1. The second-order valence-corrected chi connectivity index (χ2v) is 8.82. The summed E-state index contributed by atoms with van der Waals surface area (Å²) in [5.41, 5.74) is 1.06. The van der Waals surface area contributed by atoms with Crippen molar-refractivity contribution in [2.24, 2.45) is 5.92 Å². The maximum atomic E-state index is 14.5. The largest absolute Gasteiger partial charge is 0.493 e. The summed E-state index contributed by atoms with van der Waals surface area (Å²) in [4.78, 5) is 1.26. The summed E-state index contributed by atoms with van der Waals surface area (Å²) in [5.74, 6) is 1.68. The van der Waals surface area contributed by atoms with Crippen LogP contribution in [-0.4, -0.2) is 38.6 Å². The predicted molar refractivity (Wildman–Crippen MR) is 116 cm³/mol. The summed E-state index contributed by atoms with van der Waals surface area (Å²) in [5, 5.41) is 11.5. The molecule has 31 heavy (non-hydrogen) atoms. The highest BCUT2D eigenvalue weighted by Crippen LogP contribution is 2.47. The number of hydrogen-bond donors (Lipinski definition) is 2. The molecule has 2 aromatic carbocycles. The van der Waals surface area contributed by atoms with Crippen LogP contribution in [-0.2, 0) is 6.54 Å². The van der Waals surface area contributed by atoms with Crippen molar-refractivity contribution in [3.63, 3.8) is 0 Å². The number of methoxy groups -OCH3 is 3. The lowest BCUT2D eigenvalue weighted by molar-refractivity contribution is -0.958. The number of halogens is 1. The molecule has 1 aliphatic heterocycles. The predicted octanol–water partition coefficient (Wildman–Crippen LogP) is 3.30. The molecule has 1 aliphatic carbocycles. The number of ether oxygens (including phenoxy) is 3. The Kier molecular flexibility index (Phi) is 6.39. The van der Waals surface area contributed by atoms with E-state index in [4.69, 9.17) is 14.2 Å². The minimum atomic E-state index is -0.679. The molecule has 1 saturated carbocycles. The third-order valence-corrected chi connectivity index (χ3v) is 7.21. The third-order valence-electron chi connectivity index (χ3n) is 7.21. The van der Waals surface area contributed by atoms with Gasteiger partial charge in [0.15, 0.2) is 11.5 Å². The molecule has 2 fully saturated rings. The van der Waals surface area contributed by atoms with Gasteiger partial charge in [-0.05, 0) is 31.0 Å². The first-order chi connectivity index (χ1) is 15.0. The van der Waals surface area contributed by atoms with Crippen LogP contribution < -0.4 is 19.1 Å². The molecule has 0 bridgehead atoms. The average Bonchev–Trinajstić information content (AvgIpc) is 2.79. The van der Waals surface area contributed by atoms with E-state index in [1.165, 1.54) is 11.0 Å². The Morgan fingerprint density at radius 2 is 1.74 bits per heavy atom. The Labute approximate surface area is 183 Å². The fourth-order valence-electron chi connectivity index (χ4n) is 5.69. The molecule has 1 heterocycles. The van der Waals surface area contributed by atoms with Crippen LogP contribution in [0, 0.1) is 11.7 Å². The molecule has 5 nitrogen and oxygen atoms in total. The Morgan fingerprint density at radius 3 is 2.39 bits per heavy atom. The number of benzene rings is 2. The van der Waals surface area contributed by atoms with Gasteiger partial charge in [-0.1, -0.05) is 31.0 Å². The Morgan fingerprint density at radius 1 is 1.03 bits per heavy atom. The number of quaternary nitrogens is 1. The van der Waals surface area contributed by atoms with Crippen LogP contribution in [0.2, 0.25) is 0 Å². The molecular formula is C25H33FNO4+. The van der Waals surface area contributed by atoms with Crippen molar-refractivity contribution in [2.45, 2.75) is 50.3 Å². The molecule has 4 atom stereocenters. The number of fused-ring (bicyclic) bond motifs is 1. The van der Waals surface area contributed by atoms with Crippen LogP contribution in [0.5, 0.6) is 17.2 Å². The van der Waals surface area contributed by atoms with Crippen molar-refractivity contribution in [2.75, 3.05) is 27.9 Å². The summed E-state index contributed by atoms with van der Waals surface area (Å²) in [6.45, 7) is 1.35. The minimum Gasteiger partial charge on any atom is -0.493 e. The highest BCUT2D eigenvalue weighted by molar-refractivity contribution is 5.54. The van der Waals surface area contributed by atoms with Crippen LogP contribution in [0.4, 0.5) is 4.39 Å². The van der Waals surface area contributed by atoms with Gasteiger partial charge >= 0.3 is 0 Å². The SMILES string of the molecule is COc1cc([C@@H]2[C@@H]3CCCC[C@@]3(O)CC[NH+]2Cc2ccccc2F)cc(OC)c1OC. The lowest BCUT2D eigenvalue weighted by Gasteiger charge is -2.50. The number of nitrogens with one attached hydrogen (secondary N) is 1. The van der Waals surface area contributed by atoms with Crippen molar-refractivity contribution < 1.29 is 28.6 Å². The van der Waals surface area contributed by atoms with Gasteiger partial charge in [-0.15, -0.1) is 0 Å². The zero-order valence-corrected chi connectivity index (χ0v) is 18.6. The van der Waals surface area contributed by atoms with Gasteiger partial charge in [-0.2, -0.15) is 0 Å². The van der Waals surface area contributed by atoms with E-state index in [0.717, 1.165) is 44.2 Å². The molecular weight excluding hydrogens is 397 g/mol. The van der Waals surface area contributed by atoms with Gasteiger partial charge in [-0.3, -0.25) is 0 Å². The molecule has 6 heteroatoms. The maximum Gasteiger partial charge on any atom is 0.203 e. The van der Waals surface area contributed by atoms with Gasteiger partial charge in [-0.25, -0.2) is 4.39 Å². The van der Waals surface area contributed by atoms with Crippen molar-refractivity contribution >= 4 is 0 Å². The number of hydrogen-bond acceptors (Lipinski definition) is 4. The first-order valence-electron chi connectivity index (χ1n) is 11.1. The Hall–Kier alpha value is -2.31. The van der Waals surface area contributed by atoms with Gasteiger partial charge in [0.05, 0.1) is 33.5 Å². The van der Waals surface area contributed by atoms with Gasteiger partial charge in [0, 0.05) is 23.5 Å². The summed E-state index contributed by atoms with van der Waals surface area (Å²) < 4.78 is 31.2. The standard InChI is InChI=1S/C25H32FNO4/c1-29-21-14-18(15-22(30-2)24(21)31-3)23-19-9-6-7-11-25(19,28)12-13-27(23)16-17-8-4-5-10-20(17)26/h4-5,8,10,14-15,19,23,28H,6-7,9,11-13,16H2,1-3H3/p+1/t19-,23+,25+/m0/s1. The summed E-state index contributed by atoms with van der Waals surface area (Å²) >= 11 is 0. The number of likely N-dealkylation sites (tertiary alicyclic amines) is 1. The fourth-order valence-corrected chi connectivity index (χ4v) is 5.69. The highest BCUT2D eigenvalue weighted by Gasteiger charge is 2.52. The summed E-state index contributed by atoms with van der Waals surface area (Å²) in [6.07, 6.45) is 4.67. The van der Waals surface area contributed by atoms with Crippen molar-refractivity contribution in [1.29, 1.82) is 0 Å². The zero-order chi connectivity index (χ0) is 22.0. The fraction of sp³-hybridized carbons (Fsp3) is 0.520. The van der Waals surface area contributed by atoms with E-state index in [1.54, 1.807) is 27.4 Å². The van der Waals surface area contributed by atoms with Gasteiger partial charge in [0.25, 0.3) is 0 Å². The lowest BCUT2D eigenvalue weighted by Crippen LogP contribution is -3.13. The zero-order valence-electron chi connectivity index (χ0n) is 18.6. The molecule has 168 valence electrons. The maximum absolute atomic E-state index is 14.5. The van der Waals surface area contributed by atoms with Crippen LogP contribution in [0.1, 0.15) is 49.3 Å². The van der Waals surface area contributed by atoms with E-state index >= 15 is 0 Å². The molecule has 0 aromatic heterocycles. The third kappa shape index (κ3) is 4.11. The molecule has 1 saturated heterocycles. The molecule has 0 amide bonds. The molecule has 0 spiro atoms. The molecule has 2 aliphatic rings. The second kappa shape index (κ2) is 9.05. The van der Waals surface area contributed by atoms with Crippen molar-refractivity contribution in [3.05, 3.63) is 53.3 Å². The molecule has 2 N–H and O–H groups in total. The van der Waals surface area contributed by atoms with Crippen molar-refractivity contribution in [1.82, 2.24) is 0 Å². The Balaban J connectivity index is 1.79. The number of rotatable bonds is 6. The van der Waals surface area contributed by atoms with E-state index in [2.05, 4.69) is 0 Å². The van der Waals surface area contributed by atoms with Crippen LogP contribution in [0.15, 0.2) is 36.4 Å². The first kappa shape index (κ1) is 21.9. The minimum absolute atomic E-state index is 0.00682. The van der Waals surface area contributed by atoms with E-state index in [-0.39, 0.29) is 17.8 Å². The summed E-state index contributed by atoms with van der Waals surface area (Å²) in [7, 11) is 4.82. The molecule has 1 unspecified atom stereocenters. The molecule has 4 rings (SSSR count). The normalized spacial score (nSPS) is 28.0. The highest BCUT2D eigenvalue weighted by atomic mass is 19.1. The van der Waals surface area contributed by atoms with E-state index in [0.29, 0.717) is 29.4 Å². The monoisotopic (exact) mass is 430 g/mol. The van der Waals surface area contributed by atoms with Crippen LogP contribution in [0.3, 0.4) is 0 Å². The number of aliphatic hydroxyl groups is 1. The molecule has 0 radical (unpaired) electrons. The average molecular weight is 431 g/mol. The quantitative estimate of drug-likeness (QED) is 0.739. The van der Waals surface area contributed by atoms with Gasteiger partial charge < -0.3 is 24.2 Å². The topological polar surface area (TPSA) is 52.4 Å².